The fourth-order valence-corrected chi connectivity index (χ4v) is 6.77. The van der Waals surface area contributed by atoms with Gasteiger partial charge in [0.15, 0.2) is 0 Å². The molecule has 0 saturated carbocycles. The number of rotatable bonds is 18. The molecule has 0 spiro atoms. The molecule has 274 valence electrons. The predicted octanol–water partition coefficient (Wildman–Crippen LogP) is 8.84. The summed E-state index contributed by atoms with van der Waals surface area (Å²) in [5, 5.41) is 1.14. The van der Waals surface area contributed by atoms with Crippen LogP contribution in [-0.2, 0) is 32.2 Å². The Hall–Kier alpha value is -4.83. The summed E-state index contributed by atoms with van der Waals surface area (Å²) < 4.78 is 35.6. The van der Waals surface area contributed by atoms with Crippen molar-refractivity contribution in [3.63, 3.8) is 0 Å². The number of para-hydroxylation sites is 2. The van der Waals surface area contributed by atoms with Crippen LogP contribution in [0.15, 0.2) is 109 Å². The minimum Gasteiger partial charge on any atom is -0.496 e. The second-order valence-corrected chi connectivity index (χ2v) is 13.1. The van der Waals surface area contributed by atoms with E-state index >= 15 is 0 Å². The lowest BCUT2D eigenvalue weighted by Crippen LogP contribution is -2.47. The molecule has 0 bridgehead atoms. The summed E-state index contributed by atoms with van der Waals surface area (Å²) in [5.74, 6) is 1.72. The number of aromatic amines is 1. The number of aromatic nitrogens is 1. The predicted molar refractivity (Wildman–Crippen MR) is 202 cm³/mol. The Bertz CT molecular complexity index is 1780. The van der Waals surface area contributed by atoms with Crippen molar-refractivity contribution in [1.82, 2.24) is 9.88 Å². The minimum atomic E-state index is -0.326. The van der Waals surface area contributed by atoms with Gasteiger partial charge in [0.25, 0.3) is 0 Å². The Kier molecular flexibility index (Phi) is 13.6. The Morgan fingerprint density at radius 1 is 0.846 bits per heavy atom. The highest BCUT2D eigenvalue weighted by Crippen LogP contribution is 2.37. The van der Waals surface area contributed by atoms with Gasteiger partial charge in [-0.05, 0) is 66.1 Å². The van der Waals surface area contributed by atoms with Crippen molar-refractivity contribution in [1.29, 1.82) is 0 Å². The second-order valence-electron chi connectivity index (χ2n) is 13.1. The van der Waals surface area contributed by atoms with Crippen LogP contribution in [0, 0.1) is 0 Å². The van der Waals surface area contributed by atoms with Crippen LogP contribution in [0.25, 0.3) is 10.9 Å². The molecule has 9 nitrogen and oxygen atoms in total. The van der Waals surface area contributed by atoms with E-state index in [2.05, 4.69) is 35.3 Å². The summed E-state index contributed by atoms with van der Waals surface area (Å²) in [6.45, 7) is 3.51. The van der Waals surface area contributed by atoms with Gasteiger partial charge in [0.1, 0.15) is 18.1 Å². The van der Waals surface area contributed by atoms with E-state index in [1.807, 2.05) is 78.9 Å². The van der Waals surface area contributed by atoms with Crippen LogP contribution < -0.4 is 9.47 Å². The SMILES string of the molecule is COCCCC(OC1CN(C(=O)OCc2ccccc2)CCC1c1ccc(OCCCOCc2ccccc2OC)cc1)c1cc2ccccc2[nH]1. The Morgan fingerprint density at radius 2 is 1.63 bits per heavy atom. The summed E-state index contributed by atoms with van der Waals surface area (Å²) in [5.41, 5.74) is 5.24. The molecule has 3 atom stereocenters. The van der Waals surface area contributed by atoms with Crippen molar-refractivity contribution in [2.45, 2.75) is 57.0 Å². The number of fused-ring (bicyclic) bond motifs is 1. The van der Waals surface area contributed by atoms with Gasteiger partial charge in [0.05, 0.1) is 45.7 Å². The minimum absolute atomic E-state index is 0.0740. The quantitative estimate of drug-likeness (QED) is 0.0911. The van der Waals surface area contributed by atoms with E-state index in [-0.39, 0.29) is 30.8 Å². The first kappa shape index (κ1) is 36.9. The lowest BCUT2D eigenvalue weighted by molar-refractivity contribution is -0.0658. The molecule has 6 rings (SSSR count). The maximum absolute atomic E-state index is 13.4. The molecule has 9 heteroatoms. The van der Waals surface area contributed by atoms with Gasteiger partial charge < -0.3 is 38.3 Å². The molecule has 3 unspecified atom stereocenters. The summed E-state index contributed by atoms with van der Waals surface area (Å²) in [7, 11) is 3.39. The number of ether oxygens (including phenoxy) is 6. The summed E-state index contributed by atoms with van der Waals surface area (Å²) in [6, 6.07) is 36.4. The molecule has 1 aliphatic heterocycles. The fraction of sp³-hybridized carbons (Fsp3) is 0.372. The number of amides is 1. The number of carbonyl (C=O) groups excluding carboxylic acids is 1. The molecule has 0 radical (unpaired) electrons. The number of piperidine rings is 1. The van der Waals surface area contributed by atoms with E-state index < -0.39 is 0 Å². The van der Waals surface area contributed by atoms with Gasteiger partial charge >= 0.3 is 6.09 Å². The first-order valence-electron chi connectivity index (χ1n) is 18.2. The molecule has 1 saturated heterocycles. The summed E-state index contributed by atoms with van der Waals surface area (Å²) in [6.07, 6.45) is 2.34. The zero-order chi connectivity index (χ0) is 36.0. The number of hydrogen-bond donors (Lipinski definition) is 1. The Balaban J connectivity index is 1.11. The highest BCUT2D eigenvalue weighted by molar-refractivity contribution is 5.80. The number of methoxy groups -OCH3 is 2. The van der Waals surface area contributed by atoms with Crippen molar-refractivity contribution in [2.75, 3.05) is 47.1 Å². The zero-order valence-electron chi connectivity index (χ0n) is 30.2. The van der Waals surface area contributed by atoms with Crippen LogP contribution in [0.4, 0.5) is 4.79 Å². The molecular formula is C43H50N2O7. The van der Waals surface area contributed by atoms with Crippen molar-refractivity contribution in [2.24, 2.45) is 0 Å². The standard InChI is InChI=1S/C43H50N2O7/c1-47-25-10-18-41(39-28-34-14-6-8-16-38(34)44-39)52-42-29-45(43(46)51-30-32-12-4-3-5-13-32)24-23-37(42)33-19-21-36(22-20-33)50-27-11-26-49-31-35-15-7-9-17-40(35)48-2/h3-9,12-17,19-22,28,37,41-42,44H,10-11,18,23-27,29-31H2,1-2H3. The van der Waals surface area contributed by atoms with Gasteiger partial charge in [-0.15, -0.1) is 0 Å². The number of benzene rings is 4. The lowest BCUT2D eigenvalue weighted by atomic mass is 9.86. The first-order valence-corrected chi connectivity index (χ1v) is 18.2. The lowest BCUT2D eigenvalue weighted by Gasteiger charge is -2.39. The van der Waals surface area contributed by atoms with Crippen LogP contribution in [0.2, 0.25) is 0 Å². The van der Waals surface area contributed by atoms with E-state index in [1.54, 1.807) is 19.1 Å². The van der Waals surface area contributed by atoms with Crippen LogP contribution in [0.5, 0.6) is 11.5 Å². The summed E-state index contributed by atoms with van der Waals surface area (Å²) >= 11 is 0. The van der Waals surface area contributed by atoms with E-state index in [9.17, 15) is 4.79 Å². The second kappa shape index (κ2) is 19.1. The smallest absolute Gasteiger partial charge is 0.410 e. The molecule has 2 heterocycles. The van der Waals surface area contributed by atoms with Crippen LogP contribution in [-0.4, -0.2) is 69.2 Å². The van der Waals surface area contributed by atoms with Gasteiger partial charge in [-0.25, -0.2) is 4.79 Å². The number of nitrogens with one attached hydrogen (secondary N) is 1. The number of nitrogens with zero attached hydrogens (tertiary/aromatic N) is 1. The zero-order valence-corrected chi connectivity index (χ0v) is 30.2. The molecule has 52 heavy (non-hydrogen) atoms. The fourth-order valence-electron chi connectivity index (χ4n) is 6.77. The van der Waals surface area contributed by atoms with E-state index in [4.69, 9.17) is 28.4 Å². The number of likely N-dealkylation sites (tertiary alicyclic amines) is 1. The van der Waals surface area contributed by atoms with Gasteiger partial charge in [0, 0.05) is 49.4 Å². The Labute approximate surface area is 306 Å². The molecule has 1 aromatic heterocycles. The normalized spacial score (nSPS) is 16.5. The van der Waals surface area contributed by atoms with Crippen molar-refractivity contribution < 1.29 is 33.2 Å². The topological polar surface area (TPSA) is 91.5 Å². The molecule has 1 N–H and O–H groups in total. The largest absolute Gasteiger partial charge is 0.496 e. The van der Waals surface area contributed by atoms with Crippen LogP contribution >= 0.6 is 0 Å². The molecule has 1 amide bonds. The maximum atomic E-state index is 13.4. The van der Waals surface area contributed by atoms with Crippen LogP contribution in [0.3, 0.4) is 0 Å². The monoisotopic (exact) mass is 706 g/mol. The number of carbonyl (C=O) groups is 1. The molecule has 1 aliphatic rings. The Morgan fingerprint density at radius 3 is 2.44 bits per heavy atom. The number of H-pyrrole nitrogens is 1. The molecule has 0 aliphatic carbocycles. The van der Waals surface area contributed by atoms with Crippen LogP contribution in [0.1, 0.15) is 60.1 Å². The van der Waals surface area contributed by atoms with Crippen molar-refractivity contribution >= 4 is 17.0 Å². The third-order valence-corrected chi connectivity index (χ3v) is 9.53. The molecule has 1 fully saturated rings. The molecular weight excluding hydrogens is 656 g/mol. The van der Waals surface area contributed by atoms with Gasteiger partial charge in [-0.3, -0.25) is 0 Å². The summed E-state index contributed by atoms with van der Waals surface area (Å²) in [4.78, 5) is 18.7. The average molecular weight is 707 g/mol. The van der Waals surface area contributed by atoms with Crippen molar-refractivity contribution in [3.05, 3.63) is 132 Å². The van der Waals surface area contributed by atoms with Gasteiger partial charge in [0.2, 0.25) is 0 Å². The van der Waals surface area contributed by atoms with Crippen molar-refractivity contribution in [3.8, 4) is 11.5 Å². The third-order valence-electron chi connectivity index (χ3n) is 9.53. The highest BCUT2D eigenvalue weighted by atomic mass is 16.6. The highest BCUT2D eigenvalue weighted by Gasteiger charge is 2.36. The van der Waals surface area contributed by atoms with E-state index in [0.717, 1.165) is 70.5 Å². The third kappa shape index (κ3) is 10.2. The van der Waals surface area contributed by atoms with Gasteiger partial charge in [-0.2, -0.15) is 0 Å². The molecule has 4 aromatic carbocycles. The first-order chi connectivity index (χ1) is 25.6. The number of hydrogen-bond acceptors (Lipinski definition) is 7. The van der Waals surface area contributed by atoms with Gasteiger partial charge in [-0.1, -0.05) is 78.9 Å². The van der Waals surface area contributed by atoms with E-state index in [0.29, 0.717) is 39.5 Å². The average Bonchev–Trinajstić information content (AvgIpc) is 3.63. The maximum Gasteiger partial charge on any atom is 0.410 e. The van der Waals surface area contributed by atoms with E-state index in [1.165, 1.54) is 0 Å². The molecule has 5 aromatic rings.